The highest BCUT2D eigenvalue weighted by Crippen LogP contribution is 2.36. The summed E-state index contributed by atoms with van der Waals surface area (Å²) < 4.78 is 0. The van der Waals surface area contributed by atoms with Crippen molar-refractivity contribution in [3.8, 4) is 0 Å². The molecule has 1 fully saturated rings. The van der Waals surface area contributed by atoms with Gasteiger partial charge in [0.2, 0.25) is 0 Å². The van der Waals surface area contributed by atoms with Gasteiger partial charge in [-0.3, -0.25) is 0 Å². The van der Waals surface area contributed by atoms with Crippen LogP contribution in [0.5, 0.6) is 0 Å². The lowest BCUT2D eigenvalue weighted by atomic mass is 10.00. The molecule has 0 aliphatic carbocycles. The molecule has 3 rings (SSSR count). The molecule has 110 valence electrons. The third kappa shape index (κ3) is 2.74. The summed E-state index contributed by atoms with van der Waals surface area (Å²) >= 11 is 0. The second-order valence-electron chi connectivity index (χ2n) is 5.89. The molecule has 21 heavy (non-hydrogen) atoms. The Balaban J connectivity index is 2.02. The van der Waals surface area contributed by atoms with Gasteiger partial charge in [-0.25, -0.2) is 0 Å². The first-order chi connectivity index (χ1) is 10.2. The average molecular weight is 281 g/mol. The highest BCUT2D eigenvalue weighted by atomic mass is 15.3. The van der Waals surface area contributed by atoms with E-state index in [-0.39, 0.29) is 0 Å². The van der Waals surface area contributed by atoms with E-state index in [1.807, 2.05) is 12.1 Å². The molecular weight excluding hydrogens is 258 g/mol. The fourth-order valence-electron chi connectivity index (χ4n) is 3.22. The Morgan fingerprint density at radius 3 is 2.48 bits per heavy atom. The molecule has 2 N–H and O–H groups in total. The van der Waals surface area contributed by atoms with Gasteiger partial charge >= 0.3 is 0 Å². The topological polar surface area (TPSA) is 32.5 Å². The predicted molar refractivity (Wildman–Crippen MR) is 89.6 cm³/mol. The van der Waals surface area contributed by atoms with Gasteiger partial charge in [0.15, 0.2) is 0 Å². The molecule has 2 aromatic rings. The van der Waals surface area contributed by atoms with E-state index in [0.29, 0.717) is 6.04 Å². The van der Waals surface area contributed by atoms with Crippen LogP contribution >= 0.6 is 0 Å². The van der Waals surface area contributed by atoms with E-state index >= 15 is 0 Å². The summed E-state index contributed by atoms with van der Waals surface area (Å²) in [5, 5.41) is 0. The summed E-state index contributed by atoms with van der Waals surface area (Å²) in [4.78, 5) is 4.86. The van der Waals surface area contributed by atoms with E-state index in [0.717, 1.165) is 25.3 Å². The van der Waals surface area contributed by atoms with Crippen LogP contribution in [-0.4, -0.2) is 31.6 Å². The summed E-state index contributed by atoms with van der Waals surface area (Å²) in [7, 11) is 2.19. The zero-order chi connectivity index (χ0) is 14.8. The van der Waals surface area contributed by atoms with Gasteiger partial charge in [-0.1, -0.05) is 42.5 Å². The molecule has 3 nitrogen and oxygen atoms in total. The van der Waals surface area contributed by atoms with E-state index in [9.17, 15) is 0 Å². The van der Waals surface area contributed by atoms with Crippen LogP contribution in [0.25, 0.3) is 0 Å². The first kappa shape index (κ1) is 14.0. The van der Waals surface area contributed by atoms with Crippen molar-refractivity contribution in [2.45, 2.75) is 13.0 Å². The summed E-state index contributed by atoms with van der Waals surface area (Å²) in [6, 6.07) is 17.3. The van der Waals surface area contributed by atoms with Crippen molar-refractivity contribution in [2.75, 3.05) is 37.3 Å². The minimum Gasteiger partial charge on any atom is -0.397 e. The number of hydrogen-bond acceptors (Lipinski definition) is 3. The van der Waals surface area contributed by atoms with E-state index in [2.05, 4.69) is 60.2 Å². The number of nitrogens with two attached hydrogens (primary N) is 1. The van der Waals surface area contributed by atoms with Gasteiger partial charge in [-0.05, 0) is 31.2 Å². The largest absolute Gasteiger partial charge is 0.397 e. The Morgan fingerprint density at radius 2 is 1.76 bits per heavy atom. The molecule has 0 amide bonds. The normalized spacial score (nSPS) is 19.7. The van der Waals surface area contributed by atoms with Gasteiger partial charge in [0.05, 0.1) is 17.4 Å². The predicted octanol–water partition coefficient (Wildman–Crippen LogP) is 3.07. The van der Waals surface area contributed by atoms with E-state index < -0.39 is 0 Å². The van der Waals surface area contributed by atoms with Crippen LogP contribution in [0.4, 0.5) is 11.4 Å². The Morgan fingerprint density at radius 1 is 1.00 bits per heavy atom. The maximum atomic E-state index is 6.27. The number of hydrogen-bond donors (Lipinski definition) is 1. The third-order valence-corrected chi connectivity index (χ3v) is 4.32. The van der Waals surface area contributed by atoms with Gasteiger partial charge in [-0.15, -0.1) is 0 Å². The second-order valence-corrected chi connectivity index (χ2v) is 5.89. The van der Waals surface area contributed by atoms with E-state index in [4.69, 9.17) is 5.73 Å². The van der Waals surface area contributed by atoms with Crippen molar-refractivity contribution in [1.29, 1.82) is 0 Å². The summed E-state index contributed by atoms with van der Waals surface area (Å²) in [5.41, 5.74) is 10.9. The molecule has 1 aliphatic rings. The molecule has 1 unspecified atom stereocenters. The third-order valence-electron chi connectivity index (χ3n) is 4.32. The van der Waals surface area contributed by atoms with Crippen molar-refractivity contribution < 1.29 is 0 Å². The molecule has 2 aromatic carbocycles. The number of nitrogen functional groups attached to an aromatic ring is 1. The molecule has 0 spiro atoms. The molecule has 0 saturated carbocycles. The smallest absolute Gasteiger partial charge is 0.0670 e. The van der Waals surface area contributed by atoms with Crippen molar-refractivity contribution >= 4 is 11.4 Å². The molecule has 1 aliphatic heterocycles. The lowest BCUT2D eigenvalue weighted by Crippen LogP contribution is -2.47. The van der Waals surface area contributed by atoms with Gasteiger partial charge in [0.1, 0.15) is 0 Å². The Hall–Kier alpha value is -2.00. The Bertz CT molecular complexity index is 589. The number of likely N-dealkylation sites (N-methyl/N-ethyl adjacent to an activating group) is 1. The molecule has 1 heterocycles. The molecule has 3 heteroatoms. The van der Waals surface area contributed by atoms with Gasteiger partial charge in [-0.2, -0.15) is 0 Å². The lowest BCUT2D eigenvalue weighted by molar-refractivity contribution is 0.269. The van der Waals surface area contributed by atoms with Gasteiger partial charge in [0.25, 0.3) is 0 Å². The van der Waals surface area contributed by atoms with Crippen LogP contribution in [0, 0.1) is 6.92 Å². The number of anilines is 2. The molecular formula is C18H23N3. The number of piperazine rings is 1. The zero-order valence-corrected chi connectivity index (χ0v) is 12.8. The number of benzene rings is 2. The highest BCUT2D eigenvalue weighted by molar-refractivity contribution is 5.72. The number of rotatable bonds is 2. The average Bonchev–Trinajstić information content (AvgIpc) is 2.49. The van der Waals surface area contributed by atoms with Crippen molar-refractivity contribution in [1.82, 2.24) is 4.90 Å². The van der Waals surface area contributed by atoms with Crippen molar-refractivity contribution in [2.24, 2.45) is 0 Å². The monoisotopic (exact) mass is 281 g/mol. The summed E-state index contributed by atoms with van der Waals surface area (Å²) in [6.07, 6.45) is 0. The summed E-state index contributed by atoms with van der Waals surface area (Å²) in [6.45, 7) is 5.24. The van der Waals surface area contributed by atoms with Crippen LogP contribution < -0.4 is 10.6 Å². The molecule has 0 bridgehead atoms. The first-order valence-electron chi connectivity index (χ1n) is 7.52. The van der Waals surface area contributed by atoms with Gasteiger partial charge < -0.3 is 15.5 Å². The van der Waals surface area contributed by atoms with Gasteiger partial charge in [0, 0.05) is 19.6 Å². The number of nitrogens with zero attached hydrogens (tertiary/aromatic N) is 2. The van der Waals surface area contributed by atoms with Crippen molar-refractivity contribution in [3.05, 3.63) is 59.7 Å². The lowest BCUT2D eigenvalue weighted by Gasteiger charge is -2.43. The SMILES string of the molecule is Cc1cccc(N)c1N1CCN(C)CC1c1ccccc1. The van der Waals surface area contributed by atoms with E-state index in [1.165, 1.54) is 16.8 Å². The van der Waals surface area contributed by atoms with Crippen LogP contribution in [-0.2, 0) is 0 Å². The number of para-hydroxylation sites is 1. The standard InChI is InChI=1S/C18H23N3/c1-14-7-6-10-16(19)18(14)21-12-11-20(2)13-17(21)15-8-4-3-5-9-15/h3-10,17H,11-13,19H2,1-2H3. The summed E-state index contributed by atoms with van der Waals surface area (Å²) in [5.74, 6) is 0. The molecule has 1 saturated heterocycles. The minimum absolute atomic E-state index is 0.355. The minimum atomic E-state index is 0.355. The zero-order valence-electron chi connectivity index (χ0n) is 12.8. The first-order valence-corrected chi connectivity index (χ1v) is 7.52. The fraction of sp³-hybridized carbons (Fsp3) is 0.333. The van der Waals surface area contributed by atoms with Crippen LogP contribution in [0.2, 0.25) is 0 Å². The van der Waals surface area contributed by atoms with Crippen LogP contribution in [0.1, 0.15) is 17.2 Å². The van der Waals surface area contributed by atoms with Crippen LogP contribution in [0.3, 0.4) is 0 Å². The molecule has 0 aromatic heterocycles. The molecule has 1 atom stereocenters. The second kappa shape index (κ2) is 5.78. The number of aryl methyl sites for hydroxylation is 1. The Labute approximate surface area is 127 Å². The molecule has 0 radical (unpaired) electrons. The quantitative estimate of drug-likeness (QED) is 0.859. The van der Waals surface area contributed by atoms with E-state index in [1.54, 1.807) is 0 Å². The maximum absolute atomic E-state index is 6.27. The van der Waals surface area contributed by atoms with Crippen LogP contribution in [0.15, 0.2) is 48.5 Å². The van der Waals surface area contributed by atoms with Crippen molar-refractivity contribution in [3.63, 3.8) is 0 Å². The fourth-order valence-corrected chi connectivity index (χ4v) is 3.22. The maximum Gasteiger partial charge on any atom is 0.0670 e. The Kier molecular flexibility index (Phi) is 3.84. The highest BCUT2D eigenvalue weighted by Gasteiger charge is 2.28.